The number of rotatable bonds is 6. The smallest absolute Gasteiger partial charge is 0.277 e. The molecule has 0 aromatic heterocycles. The monoisotopic (exact) mass is 252 g/mol. The Balaban J connectivity index is 2.77. The number of hydrogen-bond donors (Lipinski definition) is 2. The van der Waals surface area contributed by atoms with E-state index in [4.69, 9.17) is 15.3 Å². The van der Waals surface area contributed by atoms with E-state index >= 15 is 0 Å². The lowest BCUT2D eigenvalue weighted by molar-refractivity contribution is 0.0365. The van der Waals surface area contributed by atoms with Gasteiger partial charge in [-0.15, -0.1) is 0 Å². The topological polar surface area (TPSA) is 73.6 Å². The first-order valence-corrected chi connectivity index (χ1v) is 5.99. The highest BCUT2D eigenvalue weighted by atomic mass is 16.6. The summed E-state index contributed by atoms with van der Waals surface area (Å²) in [5.41, 5.74) is 8.80. The van der Waals surface area contributed by atoms with E-state index in [2.05, 4.69) is 19.3 Å². The quantitative estimate of drug-likeness (QED) is 0.600. The SMILES string of the molecule is CCONC(=O)c1cc(OCC(C)C)ccc1N. The summed E-state index contributed by atoms with van der Waals surface area (Å²) in [7, 11) is 0. The fraction of sp³-hybridized carbons (Fsp3) is 0.462. The maximum absolute atomic E-state index is 11.7. The first kappa shape index (κ1) is 14.3. The van der Waals surface area contributed by atoms with Crippen LogP contribution in [0.25, 0.3) is 0 Å². The molecule has 1 rings (SSSR count). The summed E-state index contributed by atoms with van der Waals surface area (Å²) in [6, 6.07) is 5.01. The Morgan fingerprint density at radius 1 is 1.44 bits per heavy atom. The fourth-order valence-corrected chi connectivity index (χ4v) is 1.28. The van der Waals surface area contributed by atoms with E-state index in [9.17, 15) is 4.79 Å². The Morgan fingerprint density at radius 3 is 2.78 bits per heavy atom. The molecule has 1 aromatic rings. The molecule has 0 heterocycles. The molecule has 0 aliphatic rings. The van der Waals surface area contributed by atoms with Crippen molar-refractivity contribution in [1.29, 1.82) is 0 Å². The number of hydrogen-bond acceptors (Lipinski definition) is 4. The number of hydroxylamine groups is 1. The molecule has 0 unspecified atom stereocenters. The molecule has 0 atom stereocenters. The van der Waals surface area contributed by atoms with Crippen molar-refractivity contribution in [2.45, 2.75) is 20.8 Å². The van der Waals surface area contributed by atoms with Crippen LogP contribution in [0.4, 0.5) is 5.69 Å². The van der Waals surface area contributed by atoms with E-state index in [1.54, 1.807) is 25.1 Å². The Bertz CT molecular complexity index is 405. The van der Waals surface area contributed by atoms with Crippen LogP contribution in [0.15, 0.2) is 18.2 Å². The van der Waals surface area contributed by atoms with E-state index < -0.39 is 0 Å². The zero-order valence-corrected chi connectivity index (χ0v) is 11.0. The van der Waals surface area contributed by atoms with Gasteiger partial charge in [-0.3, -0.25) is 9.63 Å². The van der Waals surface area contributed by atoms with Gasteiger partial charge in [0.05, 0.1) is 18.8 Å². The summed E-state index contributed by atoms with van der Waals surface area (Å²) in [5, 5.41) is 0. The number of carbonyl (C=O) groups excluding carboxylic acids is 1. The number of nitrogens with one attached hydrogen (secondary N) is 1. The zero-order chi connectivity index (χ0) is 13.5. The van der Waals surface area contributed by atoms with Gasteiger partial charge in [0.1, 0.15) is 5.75 Å². The van der Waals surface area contributed by atoms with E-state index in [0.717, 1.165) is 0 Å². The predicted molar refractivity (Wildman–Crippen MR) is 70.3 cm³/mol. The molecule has 0 saturated heterocycles. The largest absolute Gasteiger partial charge is 0.493 e. The van der Waals surface area contributed by atoms with Crippen LogP contribution in [0.1, 0.15) is 31.1 Å². The molecule has 1 aromatic carbocycles. The second-order valence-corrected chi connectivity index (χ2v) is 4.32. The molecule has 5 heteroatoms. The van der Waals surface area contributed by atoms with Gasteiger partial charge < -0.3 is 10.5 Å². The van der Waals surface area contributed by atoms with Crippen LogP contribution in [0.3, 0.4) is 0 Å². The van der Waals surface area contributed by atoms with Gasteiger partial charge in [-0.05, 0) is 31.0 Å². The van der Waals surface area contributed by atoms with E-state index in [-0.39, 0.29) is 5.91 Å². The van der Waals surface area contributed by atoms with Crippen molar-refractivity contribution in [2.75, 3.05) is 18.9 Å². The molecule has 1 amide bonds. The van der Waals surface area contributed by atoms with Crippen LogP contribution >= 0.6 is 0 Å². The van der Waals surface area contributed by atoms with Crippen molar-refractivity contribution in [3.63, 3.8) is 0 Å². The number of nitrogens with two attached hydrogens (primary N) is 1. The second kappa shape index (κ2) is 6.86. The minimum atomic E-state index is -0.371. The molecule has 0 bridgehead atoms. The molecular weight excluding hydrogens is 232 g/mol. The van der Waals surface area contributed by atoms with Gasteiger partial charge in [-0.1, -0.05) is 13.8 Å². The number of nitrogen functional groups attached to an aromatic ring is 1. The minimum absolute atomic E-state index is 0.352. The molecule has 0 saturated carbocycles. The van der Waals surface area contributed by atoms with Gasteiger partial charge in [0.25, 0.3) is 5.91 Å². The van der Waals surface area contributed by atoms with Crippen LogP contribution in [-0.4, -0.2) is 19.1 Å². The Labute approximate surface area is 107 Å². The van der Waals surface area contributed by atoms with Crippen molar-refractivity contribution in [2.24, 2.45) is 5.92 Å². The van der Waals surface area contributed by atoms with Crippen LogP contribution in [0.5, 0.6) is 5.75 Å². The molecule has 0 spiro atoms. The van der Waals surface area contributed by atoms with Gasteiger partial charge in [-0.2, -0.15) is 0 Å². The highest BCUT2D eigenvalue weighted by molar-refractivity contribution is 5.98. The number of anilines is 1. The molecule has 0 radical (unpaired) electrons. The molecule has 5 nitrogen and oxygen atoms in total. The molecular formula is C13H20N2O3. The maximum atomic E-state index is 11.7. The summed E-state index contributed by atoms with van der Waals surface area (Å²) in [6.07, 6.45) is 0. The zero-order valence-electron chi connectivity index (χ0n) is 11.0. The molecule has 3 N–H and O–H groups in total. The lowest BCUT2D eigenvalue weighted by atomic mass is 10.1. The summed E-state index contributed by atoms with van der Waals surface area (Å²) in [4.78, 5) is 16.6. The van der Waals surface area contributed by atoms with Crippen LogP contribution in [0, 0.1) is 5.92 Å². The van der Waals surface area contributed by atoms with Gasteiger partial charge in [0.15, 0.2) is 0 Å². The third-order valence-electron chi connectivity index (χ3n) is 2.16. The number of carbonyl (C=O) groups is 1. The summed E-state index contributed by atoms with van der Waals surface area (Å²) >= 11 is 0. The summed E-state index contributed by atoms with van der Waals surface area (Å²) in [5.74, 6) is 0.673. The molecule has 0 fully saturated rings. The summed E-state index contributed by atoms with van der Waals surface area (Å²) in [6.45, 7) is 6.89. The second-order valence-electron chi connectivity index (χ2n) is 4.32. The highest BCUT2D eigenvalue weighted by Crippen LogP contribution is 2.20. The van der Waals surface area contributed by atoms with E-state index in [1.807, 2.05) is 0 Å². The number of amides is 1. The van der Waals surface area contributed by atoms with Crippen LogP contribution < -0.4 is 16.0 Å². The van der Waals surface area contributed by atoms with Gasteiger partial charge in [0.2, 0.25) is 0 Å². The van der Waals surface area contributed by atoms with Crippen molar-refractivity contribution in [1.82, 2.24) is 5.48 Å². The standard InChI is InChI=1S/C13H20N2O3/c1-4-18-15-13(16)11-7-10(5-6-12(11)14)17-8-9(2)3/h5-7,9H,4,8,14H2,1-3H3,(H,15,16). The fourth-order valence-electron chi connectivity index (χ4n) is 1.28. The Morgan fingerprint density at radius 2 is 2.17 bits per heavy atom. The van der Waals surface area contributed by atoms with Gasteiger partial charge in [0, 0.05) is 5.69 Å². The summed E-state index contributed by atoms with van der Waals surface area (Å²) < 4.78 is 5.54. The number of ether oxygens (including phenoxy) is 1. The van der Waals surface area contributed by atoms with Gasteiger partial charge >= 0.3 is 0 Å². The molecule has 0 aliphatic heterocycles. The van der Waals surface area contributed by atoms with E-state index in [1.165, 1.54) is 0 Å². The van der Waals surface area contributed by atoms with Crippen LogP contribution in [0.2, 0.25) is 0 Å². The third-order valence-corrected chi connectivity index (χ3v) is 2.16. The molecule has 0 aliphatic carbocycles. The predicted octanol–water partition coefficient (Wildman–Crippen LogP) is 1.98. The third kappa shape index (κ3) is 4.25. The number of benzene rings is 1. The Kier molecular flexibility index (Phi) is 5.45. The van der Waals surface area contributed by atoms with Crippen LogP contribution in [-0.2, 0) is 4.84 Å². The molecule has 18 heavy (non-hydrogen) atoms. The normalized spacial score (nSPS) is 10.4. The van der Waals surface area contributed by atoms with Crippen molar-refractivity contribution >= 4 is 11.6 Å². The lowest BCUT2D eigenvalue weighted by Gasteiger charge is -2.11. The Hall–Kier alpha value is -1.75. The minimum Gasteiger partial charge on any atom is -0.493 e. The lowest BCUT2D eigenvalue weighted by Crippen LogP contribution is -2.24. The highest BCUT2D eigenvalue weighted by Gasteiger charge is 2.11. The molecule has 100 valence electrons. The van der Waals surface area contributed by atoms with Crippen molar-refractivity contribution < 1.29 is 14.4 Å². The van der Waals surface area contributed by atoms with Crippen molar-refractivity contribution in [3.8, 4) is 5.75 Å². The first-order chi connectivity index (χ1) is 8.54. The average molecular weight is 252 g/mol. The maximum Gasteiger partial charge on any atom is 0.277 e. The first-order valence-electron chi connectivity index (χ1n) is 5.99. The van der Waals surface area contributed by atoms with Crippen molar-refractivity contribution in [3.05, 3.63) is 23.8 Å². The van der Waals surface area contributed by atoms with Gasteiger partial charge in [-0.25, -0.2) is 5.48 Å². The average Bonchev–Trinajstić information content (AvgIpc) is 2.34. The van der Waals surface area contributed by atoms with E-state index in [0.29, 0.717) is 36.1 Å².